The van der Waals surface area contributed by atoms with Gasteiger partial charge in [0.2, 0.25) is 0 Å². The van der Waals surface area contributed by atoms with Crippen LogP contribution in [0.15, 0.2) is 46.8 Å². The predicted octanol–water partition coefficient (Wildman–Crippen LogP) is 3.78. The van der Waals surface area contributed by atoms with Crippen LogP contribution in [0.25, 0.3) is 0 Å². The summed E-state index contributed by atoms with van der Waals surface area (Å²) in [6, 6.07) is 13.2. The van der Waals surface area contributed by atoms with Gasteiger partial charge in [0.05, 0.1) is 12.6 Å². The standard InChI is InChI=1S/C19H26N4S.HI/c1-2-10-21-19(20)22-13-17(15-6-4-3-5-7-15)23-11-8-18-16(14-23)9-12-24-18;/h3-7,9,12,17H,2,8,10-11,13-14H2,1H3,(H3,20,21,22);1H. The first kappa shape index (κ1) is 20.2. The zero-order valence-corrected chi connectivity index (χ0v) is 17.8. The van der Waals surface area contributed by atoms with E-state index in [1.54, 1.807) is 0 Å². The molecule has 1 unspecified atom stereocenters. The second-order valence-electron chi connectivity index (χ2n) is 6.17. The fraction of sp³-hybridized carbons (Fsp3) is 0.421. The molecule has 1 aromatic carbocycles. The Morgan fingerprint density at radius 1 is 1.32 bits per heavy atom. The molecule has 3 rings (SSSR count). The Hall–Kier alpha value is -1.12. The average molecular weight is 470 g/mol. The molecule has 0 amide bonds. The summed E-state index contributed by atoms with van der Waals surface area (Å²) in [6.07, 6.45) is 2.18. The van der Waals surface area contributed by atoms with Gasteiger partial charge in [0.15, 0.2) is 5.96 Å². The van der Waals surface area contributed by atoms with Crippen LogP contribution in [0, 0.1) is 0 Å². The largest absolute Gasteiger partial charge is 0.370 e. The van der Waals surface area contributed by atoms with E-state index in [1.807, 2.05) is 11.3 Å². The van der Waals surface area contributed by atoms with Crippen molar-refractivity contribution >= 4 is 41.3 Å². The molecular formula is C19H27IN4S. The third-order valence-corrected chi connectivity index (χ3v) is 5.48. The molecule has 1 aliphatic heterocycles. The van der Waals surface area contributed by atoms with Crippen LogP contribution in [0.1, 0.15) is 35.4 Å². The maximum atomic E-state index is 6.00. The molecule has 1 atom stereocenters. The lowest BCUT2D eigenvalue weighted by Crippen LogP contribution is -2.37. The number of nitrogens with two attached hydrogens (primary N) is 1. The molecule has 1 aliphatic rings. The van der Waals surface area contributed by atoms with Crippen molar-refractivity contribution in [3.05, 3.63) is 57.8 Å². The minimum atomic E-state index is 0. The molecule has 0 aliphatic carbocycles. The predicted molar refractivity (Wildman–Crippen MR) is 118 cm³/mol. The van der Waals surface area contributed by atoms with Crippen molar-refractivity contribution in [2.75, 3.05) is 19.6 Å². The normalized spacial score (nSPS) is 16.0. The van der Waals surface area contributed by atoms with Crippen molar-refractivity contribution in [2.45, 2.75) is 32.4 Å². The molecule has 0 spiro atoms. The van der Waals surface area contributed by atoms with Gasteiger partial charge in [-0.05, 0) is 35.4 Å². The molecule has 136 valence electrons. The number of aliphatic imine (C=N–C) groups is 1. The first-order chi connectivity index (χ1) is 11.8. The van der Waals surface area contributed by atoms with Gasteiger partial charge in [0.1, 0.15) is 0 Å². The Labute approximate surface area is 171 Å². The first-order valence-corrected chi connectivity index (χ1v) is 9.54. The number of fused-ring (bicyclic) bond motifs is 1. The van der Waals surface area contributed by atoms with Crippen LogP contribution in [-0.2, 0) is 13.0 Å². The van der Waals surface area contributed by atoms with Gasteiger partial charge in [0.25, 0.3) is 0 Å². The number of hydrogen-bond donors (Lipinski definition) is 2. The van der Waals surface area contributed by atoms with Crippen LogP contribution in [0.3, 0.4) is 0 Å². The van der Waals surface area contributed by atoms with E-state index >= 15 is 0 Å². The fourth-order valence-corrected chi connectivity index (χ4v) is 4.03. The maximum absolute atomic E-state index is 6.00. The molecule has 0 saturated carbocycles. The van der Waals surface area contributed by atoms with Crippen LogP contribution in [-0.4, -0.2) is 30.5 Å². The highest BCUT2D eigenvalue weighted by molar-refractivity contribution is 14.0. The molecule has 2 heterocycles. The maximum Gasteiger partial charge on any atom is 0.188 e. The highest BCUT2D eigenvalue weighted by atomic mass is 127. The van der Waals surface area contributed by atoms with Gasteiger partial charge in [-0.1, -0.05) is 37.3 Å². The van der Waals surface area contributed by atoms with Crippen molar-refractivity contribution < 1.29 is 0 Å². The lowest BCUT2D eigenvalue weighted by atomic mass is 10.0. The molecule has 1 aromatic heterocycles. The van der Waals surface area contributed by atoms with Crippen LogP contribution in [0.2, 0.25) is 0 Å². The minimum Gasteiger partial charge on any atom is -0.370 e. The topological polar surface area (TPSA) is 53.6 Å². The number of hydrogen-bond acceptors (Lipinski definition) is 3. The van der Waals surface area contributed by atoms with E-state index in [1.165, 1.54) is 16.0 Å². The van der Waals surface area contributed by atoms with E-state index in [9.17, 15) is 0 Å². The Morgan fingerprint density at radius 3 is 2.88 bits per heavy atom. The number of rotatable bonds is 6. The summed E-state index contributed by atoms with van der Waals surface area (Å²) in [7, 11) is 0. The summed E-state index contributed by atoms with van der Waals surface area (Å²) in [5, 5.41) is 5.37. The summed E-state index contributed by atoms with van der Waals surface area (Å²) in [4.78, 5) is 8.66. The molecule has 4 nitrogen and oxygen atoms in total. The van der Waals surface area contributed by atoms with Gasteiger partial charge >= 0.3 is 0 Å². The molecule has 2 aromatic rings. The average Bonchev–Trinajstić information content (AvgIpc) is 3.09. The Bertz CT molecular complexity index is 671. The lowest BCUT2D eigenvalue weighted by molar-refractivity contribution is 0.185. The molecule has 0 bridgehead atoms. The molecule has 25 heavy (non-hydrogen) atoms. The van der Waals surface area contributed by atoms with Crippen LogP contribution < -0.4 is 11.1 Å². The van der Waals surface area contributed by atoms with Crippen LogP contribution >= 0.6 is 35.3 Å². The molecule has 6 heteroatoms. The van der Waals surface area contributed by atoms with Crippen molar-refractivity contribution in [2.24, 2.45) is 10.7 Å². The summed E-state index contributed by atoms with van der Waals surface area (Å²) < 4.78 is 0. The van der Waals surface area contributed by atoms with Crippen molar-refractivity contribution in [1.29, 1.82) is 0 Å². The number of thiophene rings is 1. The highest BCUT2D eigenvalue weighted by Gasteiger charge is 2.25. The van der Waals surface area contributed by atoms with Gasteiger partial charge in [-0.25, -0.2) is 0 Å². The lowest BCUT2D eigenvalue weighted by Gasteiger charge is -2.34. The summed E-state index contributed by atoms with van der Waals surface area (Å²) >= 11 is 1.88. The van der Waals surface area contributed by atoms with E-state index in [-0.39, 0.29) is 30.0 Å². The summed E-state index contributed by atoms with van der Waals surface area (Å²) in [6.45, 7) is 5.75. The fourth-order valence-electron chi connectivity index (χ4n) is 3.14. The number of halogens is 1. The van der Waals surface area contributed by atoms with E-state index in [4.69, 9.17) is 5.73 Å². The number of benzene rings is 1. The molecule has 0 fully saturated rings. The SMILES string of the molecule is CCCNC(N)=NCC(c1ccccc1)N1CCc2sccc2C1.I. The van der Waals surface area contributed by atoms with E-state index in [0.29, 0.717) is 12.5 Å². The number of guanidine groups is 1. The van der Waals surface area contributed by atoms with Gasteiger partial charge < -0.3 is 11.1 Å². The number of nitrogens with one attached hydrogen (secondary N) is 1. The van der Waals surface area contributed by atoms with E-state index < -0.39 is 0 Å². The monoisotopic (exact) mass is 470 g/mol. The third-order valence-electron chi connectivity index (χ3n) is 4.45. The zero-order valence-electron chi connectivity index (χ0n) is 14.6. The molecule has 0 saturated heterocycles. The minimum absolute atomic E-state index is 0. The number of nitrogens with zero attached hydrogens (tertiary/aromatic N) is 2. The second-order valence-corrected chi connectivity index (χ2v) is 7.17. The van der Waals surface area contributed by atoms with Gasteiger partial charge in [-0.15, -0.1) is 35.3 Å². The second kappa shape index (κ2) is 10.1. The highest BCUT2D eigenvalue weighted by Crippen LogP contribution is 2.30. The quantitative estimate of drug-likeness (QED) is 0.384. The Kier molecular flexibility index (Phi) is 8.18. The Balaban J connectivity index is 0.00000225. The first-order valence-electron chi connectivity index (χ1n) is 8.66. The molecule has 0 radical (unpaired) electrons. The zero-order chi connectivity index (χ0) is 16.8. The van der Waals surface area contributed by atoms with Crippen molar-refractivity contribution in [3.63, 3.8) is 0 Å². The molecule has 3 N–H and O–H groups in total. The third kappa shape index (κ3) is 5.43. The van der Waals surface area contributed by atoms with Crippen LogP contribution in [0.4, 0.5) is 0 Å². The smallest absolute Gasteiger partial charge is 0.188 e. The van der Waals surface area contributed by atoms with E-state index in [2.05, 4.69) is 63.9 Å². The van der Waals surface area contributed by atoms with Gasteiger partial charge in [-0.3, -0.25) is 9.89 Å². The summed E-state index contributed by atoms with van der Waals surface area (Å²) in [5.74, 6) is 0.547. The Morgan fingerprint density at radius 2 is 2.12 bits per heavy atom. The van der Waals surface area contributed by atoms with Crippen molar-refractivity contribution in [1.82, 2.24) is 10.2 Å². The van der Waals surface area contributed by atoms with Crippen LogP contribution in [0.5, 0.6) is 0 Å². The van der Waals surface area contributed by atoms with Gasteiger partial charge in [-0.2, -0.15) is 0 Å². The van der Waals surface area contributed by atoms with E-state index in [0.717, 1.165) is 32.5 Å². The summed E-state index contributed by atoms with van der Waals surface area (Å²) in [5.41, 5.74) is 8.77. The van der Waals surface area contributed by atoms with Crippen molar-refractivity contribution in [3.8, 4) is 0 Å². The van der Waals surface area contributed by atoms with Gasteiger partial charge in [0, 0.05) is 24.5 Å². The molecular weight excluding hydrogens is 443 g/mol.